The van der Waals surface area contributed by atoms with Gasteiger partial charge in [0.2, 0.25) is 0 Å². The molecule has 0 aliphatic carbocycles. The summed E-state index contributed by atoms with van der Waals surface area (Å²) in [6, 6.07) is 10.0. The number of benzene rings is 1. The summed E-state index contributed by atoms with van der Waals surface area (Å²) in [7, 11) is 0. The summed E-state index contributed by atoms with van der Waals surface area (Å²) in [5, 5.41) is 0. The summed E-state index contributed by atoms with van der Waals surface area (Å²) >= 11 is 0. The van der Waals surface area contributed by atoms with Gasteiger partial charge in [-0.15, -0.1) is 0 Å². The van der Waals surface area contributed by atoms with Crippen LogP contribution in [0.2, 0.25) is 0 Å². The topological polar surface area (TPSA) is 26.3 Å². The SMILES string of the molecule is O=C1COC1C/C=C/c1ccccc1. The summed E-state index contributed by atoms with van der Waals surface area (Å²) in [6.07, 6.45) is 4.50. The monoisotopic (exact) mass is 188 g/mol. The van der Waals surface area contributed by atoms with E-state index in [1.54, 1.807) is 0 Å². The van der Waals surface area contributed by atoms with Crippen molar-refractivity contribution in [3.05, 3.63) is 42.0 Å². The standard InChI is InChI=1S/C12H12O2/c13-11-9-14-12(11)8-4-7-10-5-2-1-3-6-10/h1-7,12H,8-9H2/b7-4+. The Morgan fingerprint density at radius 1 is 1.36 bits per heavy atom. The summed E-state index contributed by atoms with van der Waals surface area (Å²) in [5.41, 5.74) is 1.15. The molecule has 1 heterocycles. The average Bonchev–Trinajstić information content (AvgIpc) is 2.24. The Morgan fingerprint density at radius 3 is 2.71 bits per heavy atom. The van der Waals surface area contributed by atoms with Crippen LogP contribution in [0.5, 0.6) is 0 Å². The number of carbonyl (C=O) groups excluding carboxylic acids is 1. The van der Waals surface area contributed by atoms with Crippen LogP contribution in [0.4, 0.5) is 0 Å². The van der Waals surface area contributed by atoms with E-state index in [0.29, 0.717) is 13.0 Å². The molecule has 0 aromatic heterocycles. The molecule has 1 aliphatic rings. The zero-order valence-corrected chi connectivity index (χ0v) is 7.85. The molecule has 72 valence electrons. The van der Waals surface area contributed by atoms with Crippen LogP contribution < -0.4 is 0 Å². The molecule has 1 atom stereocenters. The Balaban J connectivity index is 1.86. The zero-order valence-electron chi connectivity index (χ0n) is 7.85. The fraction of sp³-hybridized carbons (Fsp3) is 0.250. The van der Waals surface area contributed by atoms with Crippen LogP contribution in [-0.4, -0.2) is 18.5 Å². The van der Waals surface area contributed by atoms with Crippen molar-refractivity contribution in [2.75, 3.05) is 6.61 Å². The van der Waals surface area contributed by atoms with Crippen molar-refractivity contribution in [1.29, 1.82) is 0 Å². The first kappa shape index (κ1) is 9.16. The molecule has 0 radical (unpaired) electrons. The van der Waals surface area contributed by atoms with Gasteiger partial charge in [-0.2, -0.15) is 0 Å². The summed E-state index contributed by atoms with van der Waals surface area (Å²) in [6.45, 7) is 0.295. The normalized spacial score (nSPS) is 21.1. The molecule has 1 aromatic rings. The highest BCUT2D eigenvalue weighted by Gasteiger charge is 2.27. The summed E-state index contributed by atoms with van der Waals surface area (Å²) in [4.78, 5) is 10.9. The van der Waals surface area contributed by atoms with E-state index in [-0.39, 0.29) is 11.9 Å². The maximum atomic E-state index is 10.9. The van der Waals surface area contributed by atoms with Gasteiger partial charge >= 0.3 is 0 Å². The number of ketones is 1. The van der Waals surface area contributed by atoms with Gasteiger partial charge in [0.1, 0.15) is 12.7 Å². The van der Waals surface area contributed by atoms with Gasteiger partial charge in [0.15, 0.2) is 5.78 Å². The van der Waals surface area contributed by atoms with Gasteiger partial charge in [-0.3, -0.25) is 4.79 Å². The van der Waals surface area contributed by atoms with Crippen LogP contribution in [0.15, 0.2) is 36.4 Å². The molecule has 0 amide bonds. The maximum absolute atomic E-state index is 10.9. The molecule has 0 bridgehead atoms. The molecule has 1 unspecified atom stereocenters. The highest BCUT2D eigenvalue weighted by atomic mass is 16.5. The number of hydrogen-bond acceptors (Lipinski definition) is 2. The van der Waals surface area contributed by atoms with Crippen molar-refractivity contribution >= 4 is 11.9 Å². The highest BCUT2D eigenvalue weighted by Crippen LogP contribution is 2.12. The molecule has 1 aromatic carbocycles. The fourth-order valence-electron chi connectivity index (χ4n) is 1.36. The molecule has 14 heavy (non-hydrogen) atoms. The molecule has 2 heteroatoms. The van der Waals surface area contributed by atoms with E-state index in [1.807, 2.05) is 42.5 Å². The first-order valence-corrected chi connectivity index (χ1v) is 4.72. The second-order valence-corrected chi connectivity index (χ2v) is 3.31. The van der Waals surface area contributed by atoms with Crippen molar-refractivity contribution in [2.24, 2.45) is 0 Å². The van der Waals surface area contributed by atoms with E-state index >= 15 is 0 Å². The molecule has 0 N–H and O–H groups in total. The largest absolute Gasteiger partial charge is 0.362 e. The van der Waals surface area contributed by atoms with Gasteiger partial charge in [0, 0.05) is 0 Å². The molecule has 0 saturated carbocycles. The Kier molecular flexibility index (Phi) is 2.75. The van der Waals surface area contributed by atoms with Gasteiger partial charge in [-0.1, -0.05) is 42.5 Å². The molecule has 0 spiro atoms. The fourth-order valence-corrected chi connectivity index (χ4v) is 1.36. The Labute approximate surface area is 83.2 Å². The predicted octanol–water partition coefficient (Wildman–Crippen LogP) is 2.06. The lowest BCUT2D eigenvalue weighted by Gasteiger charge is -2.23. The first-order chi connectivity index (χ1) is 6.86. The van der Waals surface area contributed by atoms with E-state index in [1.165, 1.54) is 0 Å². The lowest BCUT2D eigenvalue weighted by atomic mass is 10.1. The molecule has 2 nitrogen and oxygen atoms in total. The number of hydrogen-bond donors (Lipinski definition) is 0. The zero-order chi connectivity index (χ0) is 9.80. The van der Waals surface area contributed by atoms with Crippen molar-refractivity contribution in [2.45, 2.75) is 12.5 Å². The third-order valence-electron chi connectivity index (χ3n) is 2.25. The number of ether oxygens (including phenoxy) is 1. The smallest absolute Gasteiger partial charge is 0.187 e. The molecule has 1 aliphatic heterocycles. The van der Waals surface area contributed by atoms with Gasteiger partial charge < -0.3 is 4.74 Å². The molecular weight excluding hydrogens is 176 g/mol. The van der Waals surface area contributed by atoms with Gasteiger partial charge in [0.25, 0.3) is 0 Å². The third-order valence-corrected chi connectivity index (χ3v) is 2.25. The van der Waals surface area contributed by atoms with Crippen LogP contribution in [0.1, 0.15) is 12.0 Å². The summed E-state index contributed by atoms with van der Waals surface area (Å²) in [5.74, 6) is 0.211. The average molecular weight is 188 g/mol. The van der Waals surface area contributed by atoms with Gasteiger partial charge in [0.05, 0.1) is 0 Å². The second-order valence-electron chi connectivity index (χ2n) is 3.31. The van der Waals surface area contributed by atoms with E-state index in [4.69, 9.17) is 4.74 Å². The highest BCUT2D eigenvalue weighted by molar-refractivity contribution is 5.88. The predicted molar refractivity (Wildman–Crippen MR) is 54.8 cm³/mol. The molecule has 1 saturated heterocycles. The van der Waals surface area contributed by atoms with E-state index < -0.39 is 0 Å². The second kappa shape index (κ2) is 4.20. The van der Waals surface area contributed by atoms with Crippen LogP contribution in [0.3, 0.4) is 0 Å². The van der Waals surface area contributed by atoms with Crippen molar-refractivity contribution in [1.82, 2.24) is 0 Å². The van der Waals surface area contributed by atoms with E-state index in [9.17, 15) is 4.79 Å². The Hall–Kier alpha value is -1.41. The van der Waals surface area contributed by atoms with Crippen LogP contribution >= 0.6 is 0 Å². The minimum atomic E-state index is -0.185. The van der Waals surface area contributed by atoms with E-state index in [2.05, 4.69) is 0 Å². The van der Waals surface area contributed by atoms with Crippen molar-refractivity contribution in [3.63, 3.8) is 0 Å². The van der Waals surface area contributed by atoms with Crippen LogP contribution in [0.25, 0.3) is 6.08 Å². The Morgan fingerprint density at radius 2 is 2.14 bits per heavy atom. The molecule has 2 rings (SSSR count). The first-order valence-electron chi connectivity index (χ1n) is 4.72. The lowest BCUT2D eigenvalue weighted by Crippen LogP contribution is -2.39. The summed E-state index contributed by atoms with van der Waals surface area (Å²) < 4.78 is 5.08. The molecular formula is C12H12O2. The van der Waals surface area contributed by atoms with Gasteiger partial charge in [-0.05, 0) is 12.0 Å². The minimum Gasteiger partial charge on any atom is -0.362 e. The van der Waals surface area contributed by atoms with Crippen molar-refractivity contribution in [3.8, 4) is 0 Å². The number of carbonyl (C=O) groups is 1. The maximum Gasteiger partial charge on any atom is 0.187 e. The third kappa shape index (κ3) is 2.09. The molecule has 1 fully saturated rings. The van der Waals surface area contributed by atoms with E-state index in [0.717, 1.165) is 5.56 Å². The quantitative estimate of drug-likeness (QED) is 0.725. The van der Waals surface area contributed by atoms with Crippen LogP contribution in [0, 0.1) is 0 Å². The van der Waals surface area contributed by atoms with Crippen molar-refractivity contribution < 1.29 is 9.53 Å². The lowest BCUT2D eigenvalue weighted by molar-refractivity contribution is -0.153. The Bertz CT molecular complexity index is 341. The minimum absolute atomic E-state index is 0.185. The number of rotatable bonds is 3. The van der Waals surface area contributed by atoms with Crippen LogP contribution in [-0.2, 0) is 9.53 Å². The number of Topliss-reactive ketones (excluding diaryl/α,β-unsaturated/α-hetero) is 1. The van der Waals surface area contributed by atoms with Gasteiger partial charge in [-0.25, -0.2) is 0 Å².